The minimum atomic E-state index is -0.844. The van der Waals surface area contributed by atoms with E-state index in [1.165, 1.54) is 0 Å². The van der Waals surface area contributed by atoms with Gasteiger partial charge in [0.2, 0.25) is 0 Å². The van der Waals surface area contributed by atoms with Crippen molar-refractivity contribution in [1.82, 2.24) is 5.32 Å². The molecular formula is C12H13F2NO. The van der Waals surface area contributed by atoms with Gasteiger partial charge in [0.1, 0.15) is 11.6 Å². The standard InChI is InChI=1S/C12H13F2NO/c1-2-3-4-7-15-12(16)10-6-5-9(13)8-11(10)14/h2-3,5-6,8H,4,7H2,1H3,(H,15,16)/b3-2+. The molecule has 86 valence electrons. The predicted molar refractivity (Wildman–Crippen MR) is 58.1 cm³/mol. The van der Waals surface area contributed by atoms with Crippen LogP contribution in [0.1, 0.15) is 23.7 Å². The zero-order valence-corrected chi connectivity index (χ0v) is 8.97. The van der Waals surface area contributed by atoms with Gasteiger partial charge in [-0.2, -0.15) is 0 Å². The molecule has 0 spiro atoms. The number of carbonyl (C=O) groups is 1. The zero-order chi connectivity index (χ0) is 12.0. The van der Waals surface area contributed by atoms with Crippen molar-refractivity contribution in [2.24, 2.45) is 0 Å². The first-order chi connectivity index (χ1) is 7.65. The molecule has 0 radical (unpaired) electrons. The Morgan fingerprint density at radius 2 is 2.19 bits per heavy atom. The lowest BCUT2D eigenvalue weighted by Crippen LogP contribution is -2.25. The highest BCUT2D eigenvalue weighted by atomic mass is 19.1. The average Bonchev–Trinajstić information content (AvgIpc) is 2.24. The van der Waals surface area contributed by atoms with Gasteiger partial charge in [0.25, 0.3) is 5.91 Å². The summed E-state index contributed by atoms with van der Waals surface area (Å²) in [6.45, 7) is 2.31. The lowest BCUT2D eigenvalue weighted by atomic mass is 10.2. The average molecular weight is 225 g/mol. The Kier molecular flexibility index (Phi) is 4.64. The molecule has 0 heterocycles. The van der Waals surface area contributed by atoms with Crippen molar-refractivity contribution in [1.29, 1.82) is 0 Å². The van der Waals surface area contributed by atoms with E-state index in [2.05, 4.69) is 5.32 Å². The quantitative estimate of drug-likeness (QED) is 0.619. The number of nitrogens with one attached hydrogen (secondary N) is 1. The monoisotopic (exact) mass is 225 g/mol. The molecular weight excluding hydrogens is 212 g/mol. The van der Waals surface area contributed by atoms with Crippen LogP contribution in [0.5, 0.6) is 0 Å². The Morgan fingerprint density at radius 1 is 1.44 bits per heavy atom. The predicted octanol–water partition coefficient (Wildman–Crippen LogP) is 2.66. The molecule has 0 bridgehead atoms. The summed E-state index contributed by atoms with van der Waals surface area (Å²) in [6.07, 6.45) is 4.44. The van der Waals surface area contributed by atoms with Crippen molar-refractivity contribution in [3.05, 3.63) is 47.5 Å². The van der Waals surface area contributed by atoms with Gasteiger partial charge in [0.05, 0.1) is 5.56 Å². The minimum Gasteiger partial charge on any atom is -0.352 e. The molecule has 0 fully saturated rings. The van der Waals surface area contributed by atoms with Crippen LogP contribution in [-0.4, -0.2) is 12.5 Å². The topological polar surface area (TPSA) is 29.1 Å². The van der Waals surface area contributed by atoms with Crippen LogP contribution in [0.4, 0.5) is 8.78 Å². The molecule has 0 aliphatic rings. The summed E-state index contributed by atoms with van der Waals surface area (Å²) in [5.41, 5.74) is -0.137. The maximum absolute atomic E-state index is 13.2. The van der Waals surface area contributed by atoms with Crippen LogP contribution >= 0.6 is 0 Å². The van der Waals surface area contributed by atoms with Gasteiger partial charge in [-0.1, -0.05) is 12.2 Å². The third kappa shape index (κ3) is 3.46. The third-order valence-corrected chi connectivity index (χ3v) is 2.01. The van der Waals surface area contributed by atoms with E-state index in [1.807, 2.05) is 19.1 Å². The number of benzene rings is 1. The molecule has 16 heavy (non-hydrogen) atoms. The first-order valence-electron chi connectivity index (χ1n) is 4.99. The van der Waals surface area contributed by atoms with Gasteiger partial charge in [0, 0.05) is 12.6 Å². The number of hydrogen-bond acceptors (Lipinski definition) is 1. The maximum atomic E-state index is 13.2. The fourth-order valence-corrected chi connectivity index (χ4v) is 1.20. The smallest absolute Gasteiger partial charge is 0.254 e. The van der Waals surface area contributed by atoms with Crippen LogP contribution in [0.2, 0.25) is 0 Å². The van der Waals surface area contributed by atoms with E-state index in [0.717, 1.165) is 12.1 Å². The summed E-state index contributed by atoms with van der Waals surface area (Å²) in [5, 5.41) is 2.54. The fourth-order valence-electron chi connectivity index (χ4n) is 1.20. The van der Waals surface area contributed by atoms with Crippen LogP contribution < -0.4 is 5.32 Å². The molecule has 0 saturated heterocycles. The van der Waals surface area contributed by atoms with Gasteiger partial charge in [-0.05, 0) is 25.5 Å². The number of amides is 1. The van der Waals surface area contributed by atoms with E-state index in [4.69, 9.17) is 0 Å². The minimum absolute atomic E-state index is 0.137. The van der Waals surface area contributed by atoms with E-state index in [-0.39, 0.29) is 5.56 Å². The lowest BCUT2D eigenvalue weighted by molar-refractivity contribution is 0.0950. The molecule has 0 aromatic heterocycles. The molecule has 0 saturated carbocycles. The van der Waals surface area contributed by atoms with Crippen molar-refractivity contribution < 1.29 is 13.6 Å². The summed E-state index contributed by atoms with van der Waals surface area (Å²) in [5.74, 6) is -2.06. The molecule has 4 heteroatoms. The number of allylic oxidation sites excluding steroid dienone is 1. The molecule has 1 amide bonds. The largest absolute Gasteiger partial charge is 0.352 e. The normalized spacial score (nSPS) is 10.7. The highest BCUT2D eigenvalue weighted by Gasteiger charge is 2.11. The second kappa shape index (κ2) is 6.00. The van der Waals surface area contributed by atoms with Gasteiger partial charge >= 0.3 is 0 Å². The molecule has 1 aromatic carbocycles. The fraction of sp³-hybridized carbons (Fsp3) is 0.250. The van der Waals surface area contributed by atoms with Crippen molar-refractivity contribution in [2.45, 2.75) is 13.3 Å². The number of halogens is 2. The van der Waals surface area contributed by atoms with E-state index in [0.29, 0.717) is 19.0 Å². The summed E-state index contributed by atoms with van der Waals surface area (Å²) >= 11 is 0. The molecule has 1 aromatic rings. The highest BCUT2D eigenvalue weighted by molar-refractivity contribution is 5.94. The molecule has 1 N–H and O–H groups in total. The van der Waals surface area contributed by atoms with Gasteiger partial charge in [-0.3, -0.25) is 4.79 Å². The van der Waals surface area contributed by atoms with E-state index < -0.39 is 17.5 Å². The van der Waals surface area contributed by atoms with E-state index in [9.17, 15) is 13.6 Å². The second-order valence-electron chi connectivity index (χ2n) is 3.24. The van der Waals surface area contributed by atoms with Gasteiger partial charge in [0.15, 0.2) is 0 Å². The Bertz CT molecular complexity index is 402. The van der Waals surface area contributed by atoms with E-state index in [1.54, 1.807) is 0 Å². The number of rotatable bonds is 4. The lowest BCUT2D eigenvalue weighted by Gasteiger charge is -2.04. The second-order valence-corrected chi connectivity index (χ2v) is 3.24. The highest BCUT2D eigenvalue weighted by Crippen LogP contribution is 2.09. The van der Waals surface area contributed by atoms with Crippen LogP contribution in [0.25, 0.3) is 0 Å². The Balaban J connectivity index is 2.59. The Hall–Kier alpha value is -1.71. The van der Waals surface area contributed by atoms with E-state index >= 15 is 0 Å². The Labute approximate surface area is 93.0 Å². The Morgan fingerprint density at radius 3 is 2.81 bits per heavy atom. The SMILES string of the molecule is C/C=C/CCNC(=O)c1ccc(F)cc1F. The summed E-state index contributed by atoms with van der Waals surface area (Å²) in [7, 11) is 0. The van der Waals surface area contributed by atoms with Crippen LogP contribution in [0, 0.1) is 11.6 Å². The molecule has 0 unspecified atom stereocenters. The van der Waals surface area contributed by atoms with Crippen LogP contribution in [0.15, 0.2) is 30.4 Å². The van der Waals surface area contributed by atoms with Crippen molar-refractivity contribution >= 4 is 5.91 Å². The molecule has 0 aliphatic heterocycles. The number of hydrogen-bond donors (Lipinski definition) is 1. The first-order valence-corrected chi connectivity index (χ1v) is 4.99. The van der Waals surface area contributed by atoms with Gasteiger partial charge in [-0.25, -0.2) is 8.78 Å². The number of carbonyl (C=O) groups excluding carboxylic acids is 1. The summed E-state index contributed by atoms with van der Waals surface area (Å²) in [6, 6.07) is 2.89. The third-order valence-electron chi connectivity index (χ3n) is 2.01. The first kappa shape index (κ1) is 12.4. The molecule has 1 rings (SSSR count). The summed E-state index contributed by atoms with van der Waals surface area (Å²) < 4.78 is 25.7. The molecule has 0 aliphatic carbocycles. The maximum Gasteiger partial charge on any atom is 0.254 e. The van der Waals surface area contributed by atoms with Crippen LogP contribution in [0.3, 0.4) is 0 Å². The van der Waals surface area contributed by atoms with Gasteiger partial charge in [-0.15, -0.1) is 0 Å². The summed E-state index contributed by atoms with van der Waals surface area (Å²) in [4.78, 5) is 11.4. The van der Waals surface area contributed by atoms with Crippen molar-refractivity contribution in [2.75, 3.05) is 6.54 Å². The molecule has 0 atom stereocenters. The van der Waals surface area contributed by atoms with Crippen molar-refractivity contribution in [3.63, 3.8) is 0 Å². The van der Waals surface area contributed by atoms with Gasteiger partial charge < -0.3 is 5.32 Å². The van der Waals surface area contributed by atoms with Crippen molar-refractivity contribution in [3.8, 4) is 0 Å². The zero-order valence-electron chi connectivity index (χ0n) is 8.97. The van der Waals surface area contributed by atoms with Crippen LogP contribution in [-0.2, 0) is 0 Å². The molecule has 2 nitrogen and oxygen atoms in total.